The largest absolute Gasteiger partial charge is 0.477 e. The Labute approximate surface area is 171 Å². The van der Waals surface area contributed by atoms with E-state index in [2.05, 4.69) is 5.32 Å². The monoisotopic (exact) mass is 418 g/mol. The molecule has 9 heteroatoms. The summed E-state index contributed by atoms with van der Waals surface area (Å²) in [7, 11) is 1.38. The van der Waals surface area contributed by atoms with Gasteiger partial charge in [0.2, 0.25) is 5.43 Å². The normalized spacial score (nSPS) is 15.6. The van der Waals surface area contributed by atoms with Gasteiger partial charge in [-0.05, 0) is 38.8 Å². The minimum Gasteiger partial charge on any atom is -0.477 e. The van der Waals surface area contributed by atoms with Crippen molar-refractivity contribution >= 4 is 34.1 Å². The number of aromatic nitrogens is 1. The summed E-state index contributed by atoms with van der Waals surface area (Å²) in [6.45, 7) is 2.69. The number of nitrogens with one attached hydrogen (secondary N) is 1. The van der Waals surface area contributed by atoms with Gasteiger partial charge in [0.15, 0.2) is 5.78 Å². The number of ketones is 2. The third-order valence-electron chi connectivity index (χ3n) is 5.16. The van der Waals surface area contributed by atoms with E-state index in [1.165, 1.54) is 33.2 Å². The predicted molar refractivity (Wildman–Crippen MR) is 108 cm³/mol. The molecule has 1 fully saturated rings. The lowest BCUT2D eigenvalue weighted by atomic mass is 9.93. The first kappa shape index (κ1) is 21.6. The minimum atomic E-state index is -1.37. The Morgan fingerprint density at radius 1 is 1.33 bits per heavy atom. The van der Waals surface area contributed by atoms with Crippen molar-refractivity contribution in [2.45, 2.75) is 44.7 Å². The van der Waals surface area contributed by atoms with Crippen LogP contribution >= 0.6 is 0 Å². The molecule has 0 saturated heterocycles. The van der Waals surface area contributed by atoms with E-state index >= 15 is 0 Å². The quantitative estimate of drug-likeness (QED) is 0.602. The fourth-order valence-corrected chi connectivity index (χ4v) is 3.47. The van der Waals surface area contributed by atoms with E-state index in [-0.39, 0.29) is 35.9 Å². The molecule has 1 unspecified atom stereocenters. The Kier molecular flexibility index (Phi) is 5.76. The number of methoxy groups -OCH3 is 1. The molecule has 0 spiro atoms. The molecule has 1 aromatic heterocycles. The summed E-state index contributed by atoms with van der Waals surface area (Å²) < 4.78 is 21.7. The van der Waals surface area contributed by atoms with Crippen LogP contribution in [0.2, 0.25) is 0 Å². The number of hydrogen-bond acceptors (Lipinski definition) is 6. The number of carboxylic acid groups (broad SMARTS) is 1. The molecule has 0 radical (unpaired) electrons. The minimum absolute atomic E-state index is 0.0224. The first-order valence-corrected chi connectivity index (χ1v) is 9.49. The summed E-state index contributed by atoms with van der Waals surface area (Å²) in [6, 6.07) is 2.40. The standard InChI is InChI=1S/C21H23FN2O6/c1-11(25)6-18(26)21(2,10-30-3)23-16-8-17-13(7-15(16)22)19(27)14(20(28)29)9-24(17)12-4-5-12/h7-9,12,23H,4-6,10H2,1-3H3,(H,28,29). The number of hydrogen-bond donors (Lipinski definition) is 2. The maximum absolute atomic E-state index is 14.9. The molecule has 0 bridgehead atoms. The number of carbonyl (C=O) groups excluding carboxylic acids is 2. The van der Waals surface area contributed by atoms with E-state index in [4.69, 9.17) is 4.74 Å². The summed E-state index contributed by atoms with van der Waals surface area (Å²) in [5.41, 5.74) is -2.24. The Hall–Kier alpha value is -3.07. The lowest BCUT2D eigenvalue weighted by molar-refractivity contribution is -0.129. The zero-order valence-corrected chi connectivity index (χ0v) is 17.0. The predicted octanol–water partition coefficient (Wildman–Crippen LogP) is 2.54. The third-order valence-corrected chi connectivity index (χ3v) is 5.16. The molecule has 1 aromatic carbocycles. The lowest BCUT2D eigenvalue weighted by Crippen LogP contribution is -2.48. The number of aromatic carboxylic acids is 1. The van der Waals surface area contributed by atoms with Crippen LogP contribution in [0.4, 0.5) is 10.1 Å². The summed E-state index contributed by atoms with van der Waals surface area (Å²) in [6.07, 6.45) is 2.57. The van der Waals surface area contributed by atoms with Gasteiger partial charge >= 0.3 is 5.97 Å². The van der Waals surface area contributed by atoms with Gasteiger partial charge in [0.05, 0.1) is 24.2 Å². The molecule has 3 rings (SSSR count). The molecule has 1 atom stereocenters. The van der Waals surface area contributed by atoms with Crippen LogP contribution < -0.4 is 10.7 Å². The van der Waals surface area contributed by atoms with Crippen molar-refractivity contribution in [2.75, 3.05) is 19.0 Å². The summed E-state index contributed by atoms with van der Waals surface area (Å²) in [4.78, 5) is 48.0. The fourth-order valence-electron chi connectivity index (χ4n) is 3.47. The number of halogens is 1. The van der Waals surface area contributed by atoms with Crippen LogP contribution in [0.15, 0.2) is 23.1 Å². The second-order valence-corrected chi connectivity index (χ2v) is 7.86. The Bertz CT molecular complexity index is 1100. The number of fused-ring (bicyclic) bond motifs is 1. The number of ether oxygens (including phenoxy) is 1. The van der Waals surface area contributed by atoms with Gasteiger partial charge < -0.3 is 19.7 Å². The number of anilines is 1. The van der Waals surface area contributed by atoms with E-state index in [1.807, 2.05) is 0 Å². The van der Waals surface area contributed by atoms with E-state index < -0.39 is 34.1 Å². The van der Waals surface area contributed by atoms with Gasteiger partial charge in [-0.15, -0.1) is 0 Å². The van der Waals surface area contributed by atoms with Gasteiger partial charge in [-0.3, -0.25) is 14.4 Å². The van der Waals surface area contributed by atoms with E-state index in [1.54, 1.807) is 4.57 Å². The number of nitrogens with zero attached hydrogens (tertiary/aromatic N) is 1. The number of rotatable bonds is 9. The number of carboxylic acids is 1. The van der Waals surface area contributed by atoms with Crippen molar-refractivity contribution in [3.63, 3.8) is 0 Å². The fraction of sp³-hybridized carbons (Fsp3) is 0.429. The van der Waals surface area contributed by atoms with Crippen LogP contribution in [0.25, 0.3) is 10.9 Å². The molecular weight excluding hydrogens is 395 g/mol. The number of Topliss-reactive ketones (excluding diaryl/α,β-unsaturated/α-hetero) is 2. The van der Waals surface area contributed by atoms with Crippen molar-refractivity contribution in [3.05, 3.63) is 39.9 Å². The Morgan fingerprint density at radius 3 is 2.53 bits per heavy atom. The third kappa shape index (κ3) is 4.11. The Morgan fingerprint density at radius 2 is 2.00 bits per heavy atom. The van der Waals surface area contributed by atoms with Crippen molar-refractivity contribution in [2.24, 2.45) is 0 Å². The average molecular weight is 418 g/mol. The number of pyridine rings is 1. The van der Waals surface area contributed by atoms with Gasteiger partial charge in [0, 0.05) is 24.7 Å². The molecule has 0 aliphatic heterocycles. The topological polar surface area (TPSA) is 115 Å². The highest BCUT2D eigenvalue weighted by Gasteiger charge is 2.35. The van der Waals surface area contributed by atoms with E-state index in [0.717, 1.165) is 18.9 Å². The number of carbonyl (C=O) groups is 3. The molecule has 1 saturated carbocycles. The van der Waals surface area contributed by atoms with Gasteiger partial charge in [-0.25, -0.2) is 9.18 Å². The second-order valence-electron chi connectivity index (χ2n) is 7.86. The van der Waals surface area contributed by atoms with Crippen molar-refractivity contribution < 1.29 is 28.6 Å². The summed E-state index contributed by atoms with van der Waals surface area (Å²) in [5, 5.41) is 12.1. The van der Waals surface area contributed by atoms with Crippen LogP contribution in [0.3, 0.4) is 0 Å². The van der Waals surface area contributed by atoms with Crippen LogP contribution in [-0.2, 0) is 14.3 Å². The molecule has 8 nitrogen and oxygen atoms in total. The first-order valence-electron chi connectivity index (χ1n) is 9.49. The zero-order chi connectivity index (χ0) is 22.2. The highest BCUT2D eigenvalue weighted by Crippen LogP contribution is 2.38. The molecule has 1 aliphatic rings. The molecule has 30 heavy (non-hydrogen) atoms. The zero-order valence-electron chi connectivity index (χ0n) is 17.0. The van der Waals surface area contributed by atoms with Gasteiger partial charge in [-0.2, -0.15) is 0 Å². The second kappa shape index (κ2) is 7.98. The van der Waals surface area contributed by atoms with E-state index in [0.29, 0.717) is 5.52 Å². The van der Waals surface area contributed by atoms with Crippen LogP contribution in [0.1, 0.15) is 49.5 Å². The van der Waals surface area contributed by atoms with Crippen LogP contribution in [-0.4, -0.2) is 46.5 Å². The highest BCUT2D eigenvalue weighted by molar-refractivity contribution is 6.04. The smallest absolute Gasteiger partial charge is 0.341 e. The molecule has 1 heterocycles. The van der Waals surface area contributed by atoms with Crippen molar-refractivity contribution in [3.8, 4) is 0 Å². The van der Waals surface area contributed by atoms with Crippen LogP contribution in [0, 0.1) is 5.82 Å². The summed E-state index contributed by atoms with van der Waals surface area (Å²) in [5.74, 6) is -2.98. The highest BCUT2D eigenvalue weighted by atomic mass is 19.1. The van der Waals surface area contributed by atoms with Crippen molar-refractivity contribution in [1.29, 1.82) is 0 Å². The Balaban J connectivity index is 2.14. The molecule has 2 N–H and O–H groups in total. The van der Waals surface area contributed by atoms with Crippen molar-refractivity contribution in [1.82, 2.24) is 4.57 Å². The van der Waals surface area contributed by atoms with Gasteiger partial charge in [0.1, 0.15) is 22.7 Å². The maximum atomic E-state index is 14.9. The SMILES string of the molecule is COCC(C)(Nc1cc2c(cc1F)c(=O)c(C(=O)O)cn2C1CC1)C(=O)CC(C)=O. The number of benzene rings is 1. The molecule has 0 amide bonds. The molecule has 2 aromatic rings. The lowest BCUT2D eigenvalue weighted by Gasteiger charge is -2.30. The summed E-state index contributed by atoms with van der Waals surface area (Å²) >= 11 is 0. The first-order chi connectivity index (χ1) is 14.1. The van der Waals surface area contributed by atoms with Gasteiger partial charge in [0.25, 0.3) is 0 Å². The average Bonchev–Trinajstić information content (AvgIpc) is 3.47. The van der Waals surface area contributed by atoms with E-state index in [9.17, 15) is 28.7 Å². The molecule has 1 aliphatic carbocycles. The molecule has 160 valence electrons. The van der Waals surface area contributed by atoms with Gasteiger partial charge in [-0.1, -0.05) is 0 Å². The maximum Gasteiger partial charge on any atom is 0.341 e. The van der Waals surface area contributed by atoms with Crippen LogP contribution in [0.5, 0.6) is 0 Å². The molecular formula is C21H23FN2O6.